The van der Waals surface area contributed by atoms with E-state index in [0.29, 0.717) is 6.10 Å². The SMILES string of the molecule is CCn1nc(CC(N)CC2CCCCO2)c2ccccc21. The van der Waals surface area contributed by atoms with Gasteiger partial charge in [0.05, 0.1) is 17.3 Å². The van der Waals surface area contributed by atoms with E-state index < -0.39 is 0 Å². The summed E-state index contributed by atoms with van der Waals surface area (Å²) in [7, 11) is 0. The number of benzene rings is 1. The summed E-state index contributed by atoms with van der Waals surface area (Å²) in [5, 5.41) is 5.97. The molecule has 0 aliphatic carbocycles. The van der Waals surface area contributed by atoms with E-state index in [2.05, 4.69) is 35.9 Å². The average molecular weight is 287 g/mol. The quantitative estimate of drug-likeness (QED) is 0.920. The first kappa shape index (κ1) is 14.5. The van der Waals surface area contributed by atoms with Crippen LogP contribution in [0.5, 0.6) is 0 Å². The number of hydrogen-bond acceptors (Lipinski definition) is 3. The standard InChI is InChI=1S/C17H25N3O/c1-2-20-17-9-4-3-8-15(17)16(19-20)12-13(18)11-14-7-5-6-10-21-14/h3-4,8-9,13-14H,2,5-7,10-12,18H2,1H3. The van der Waals surface area contributed by atoms with Crippen LogP contribution in [0.4, 0.5) is 0 Å². The highest BCUT2D eigenvalue weighted by atomic mass is 16.5. The van der Waals surface area contributed by atoms with E-state index in [1.165, 1.54) is 23.7 Å². The molecule has 0 bridgehead atoms. The van der Waals surface area contributed by atoms with Gasteiger partial charge in [0.25, 0.3) is 0 Å². The minimum absolute atomic E-state index is 0.122. The zero-order valence-corrected chi connectivity index (χ0v) is 12.8. The fraction of sp³-hybridized carbons (Fsp3) is 0.588. The number of para-hydroxylation sites is 1. The molecule has 1 aliphatic rings. The molecule has 21 heavy (non-hydrogen) atoms. The van der Waals surface area contributed by atoms with Gasteiger partial charge in [-0.15, -0.1) is 0 Å². The Kier molecular flexibility index (Phi) is 4.56. The molecule has 1 aliphatic heterocycles. The lowest BCUT2D eigenvalue weighted by atomic mass is 9.98. The van der Waals surface area contributed by atoms with Crippen molar-refractivity contribution in [3.05, 3.63) is 30.0 Å². The highest BCUT2D eigenvalue weighted by molar-refractivity contribution is 5.82. The van der Waals surface area contributed by atoms with Crippen molar-refractivity contribution >= 4 is 10.9 Å². The Morgan fingerprint density at radius 2 is 2.24 bits per heavy atom. The lowest BCUT2D eigenvalue weighted by Crippen LogP contribution is -2.31. The molecule has 1 aromatic carbocycles. The maximum absolute atomic E-state index is 6.35. The van der Waals surface area contributed by atoms with Gasteiger partial charge in [-0.1, -0.05) is 18.2 Å². The number of hydrogen-bond donors (Lipinski definition) is 1. The molecule has 0 spiro atoms. The van der Waals surface area contributed by atoms with Crippen LogP contribution in [0.3, 0.4) is 0 Å². The first-order chi connectivity index (χ1) is 10.3. The summed E-state index contributed by atoms with van der Waals surface area (Å²) in [5.41, 5.74) is 8.67. The van der Waals surface area contributed by atoms with E-state index in [-0.39, 0.29) is 6.04 Å². The van der Waals surface area contributed by atoms with Crippen LogP contribution in [0.1, 0.15) is 38.3 Å². The number of aromatic nitrogens is 2. The molecule has 1 fully saturated rings. The topological polar surface area (TPSA) is 53.1 Å². The maximum Gasteiger partial charge on any atom is 0.0718 e. The Morgan fingerprint density at radius 1 is 1.38 bits per heavy atom. The average Bonchev–Trinajstić information content (AvgIpc) is 2.86. The van der Waals surface area contributed by atoms with Crippen LogP contribution in [0.25, 0.3) is 10.9 Å². The van der Waals surface area contributed by atoms with Crippen molar-refractivity contribution in [2.24, 2.45) is 5.73 Å². The number of aryl methyl sites for hydroxylation is 1. The molecule has 4 heteroatoms. The molecule has 0 saturated carbocycles. The molecule has 4 nitrogen and oxygen atoms in total. The summed E-state index contributed by atoms with van der Waals surface area (Å²) in [6.07, 6.45) is 5.72. The van der Waals surface area contributed by atoms with Crippen molar-refractivity contribution in [2.75, 3.05) is 6.61 Å². The van der Waals surface area contributed by atoms with Crippen LogP contribution in [-0.2, 0) is 17.7 Å². The van der Waals surface area contributed by atoms with Gasteiger partial charge in [-0.3, -0.25) is 4.68 Å². The normalized spacial score (nSPS) is 20.8. The third-order valence-corrected chi connectivity index (χ3v) is 4.33. The van der Waals surface area contributed by atoms with E-state index in [1.54, 1.807) is 0 Å². The number of ether oxygens (including phenoxy) is 1. The van der Waals surface area contributed by atoms with Gasteiger partial charge in [-0.2, -0.15) is 5.10 Å². The van der Waals surface area contributed by atoms with Crippen LogP contribution in [0.15, 0.2) is 24.3 Å². The van der Waals surface area contributed by atoms with Gasteiger partial charge in [-0.05, 0) is 38.7 Å². The second-order valence-electron chi connectivity index (χ2n) is 5.97. The van der Waals surface area contributed by atoms with Crippen LogP contribution < -0.4 is 5.73 Å². The summed E-state index contributed by atoms with van der Waals surface area (Å²) in [4.78, 5) is 0. The third kappa shape index (κ3) is 3.27. The molecule has 1 saturated heterocycles. The van der Waals surface area contributed by atoms with E-state index in [9.17, 15) is 0 Å². The van der Waals surface area contributed by atoms with Crippen molar-refractivity contribution < 1.29 is 4.74 Å². The van der Waals surface area contributed by atoms with Gasteiger partial charge in [-0.25, -0.2) is 0 Å². The number of nitrogens with zero attached hydrogens (tertiary/aromatic N) is 2. The summed E-state index contributed by atoms with van der Waals surface area (Å²) in [6, 6.07) is 8.54. The van der Waals surface area contributed by atoms with Gasteiger partial charge >= 0.3 is 0 Å². The second kappa shape index (κ2) is 6.58. The molecule has 2 N–H and O–H groups in total. The smallest absolute Gasteiger partial charge is 0.0718 e. The van der Waals surface area contributed by atoms with Crippen molar-refractivity contribution in [3.8, 4) is 0 Å². The van der Waals surface area contributed by atoms with Crippen LogP contribution >= 0.6 is 0 Å². The number of fused-ring (bicyclic) bond motifs is 1. The summed E-state index contributed by atoms with van der Waals surface area (Å²) in [5.74, 6) is 0. The Bertz CT molecular complexity index is 587. The van der Waals surface area contributed by atoms with Crippen molar-refractivity contribution in [2.45, 2.75) is 57.7 Å². The molecule has 2 heterocycles. The Morgan fingerprint density at radius 3 is 3.00 bits per heavy atom. The summed E-state index contributed by atoms with van der Waals surface area (Å²) < 4.78 is 7.86. The Labute approximate surface area is 126 Å². The van der Waals surface area contributed by atoms with E-state index in [4.69, 9.17) is 15.6 Å². The van der Waals surface area contributed by atoms with E-state index >= 15 is 0 Å². The molecule has 1 aromatic heterocycles. The number of rotatable bonds is 5. The van der Waals surface area contributed by atoms with Crippen molar-refractivity contribution in [1.82, 2.24) is 9.78 Å². The predicted molar refractivity (Wildman–Crippen MR) is 85.3 cm³/mol. The molecular formula is C17H25N3O. The maximum atomic E-state index is 6.35. The molecule has 2 unspecified atom stereocenters. The van der Waals surface area contributed by atoms with Gasteiger partial charge in [0.1, 0.15) is 0 Å². The van der Waals surface area contributed by atoms with Crippen LogP contribution in [-0.4, -0.2) is 28.5 Å². The van der Waals surface area contributed by atoms with Crippen LogP contribution in [0, 0.1) is 0 Å². The molecule has 0 radical (unpaired) electrons. The molecule has 0 amide bonds. The zero-order valence-electron chi connectivity index (χ0n) is 12.8. The first-order valence-electron chi connectivity index (χ1n) is 8.09. The monoisotopic (exact) mass is 287 g/mol. The Hall–Kier alpha value is -1.39. The lowest BCUT2D eigenvalue weighted by Gasteiger charge is -2.25. The largest absolute Gasteiger partial charge is 0.378 e. The molecule has 3 rings (SSSR count). The van der Waals surface area contributed by atoms with Crippen LogP contribution in [0.2, 0.25) is 0 Å². The number of nitrogens with two attached hydrogens (primary N) is 1. The predicted octanol–water partition coefficient (Wildman–Crippen LogP) is 2.89. The minimum Gasteiger partial charge on any atom is -0.378 e. The lowest BCUT2D eigenvalue weighted by molar-refractivity contribution is 0.00743. The first-order valence-corrected chi connectivity index (χ1v) is 8.09. The second-order valence-corrected chi connectivity index (χ2v) is 5.97. The molecular weight excluding hydrogens is 262 g/mol. The van der Waals surface area contributed by atoms with Crippen molar-refractivity contribution in [1.29, 1.82) is 0 Å². The summed E-state index contributed by atoms with van der Waals surface area (Å²) >= 11 is 0. The van der Waals surface area contributed by atoms with E-state index in [1.807, 2.05) is 0 Å². The van der Waals surface area contributed by atoms with Gasteiger partial charge in [0.2, 0.25) is 0 Å². The van der Waals surface area contributed by atoms with E-state index in [0.717, 1.165) is 38.1 Å². The highest BCUT2D eigenvalue weighted by Crippen LogP contribution is 2.22. The van der Waals surface area contributed by atoms with Gasteiger partial charge in [0, 0.05) is 31.0 Å². The third-order valence-electron chi connectivity index (χ3n) is 4.33. The molecule has 2 aromatic rings. The highest BCUT2D eigenvalue weighted by Gasteiger charge is 2.19. The summed E-state index contributed by atoms with van der Waals surface area (Å²) in [6.45, 7) is 3.91. The fourth-order valence-electron chi connectivity index (χ4n) is 3.25. The molecule has 114 valence electrons. The molecule has 2 atom stereocenters. The fourth-order valence-corrected chi connectivity index (χ4v) is 3.25. The van der Waals surface area contributed by atoms with Gasteiger partial charge < -0.3 is 10.5 Å². The zero-order chi connectivity index (χ0) is 14.7. The Balaban J connectivity index is 1.71. The minimum atomic E-state index is 0.122. The van der Waals surface area contributed by atoms with Crippen molar-refractivity contribution in [3.63, 3.8) is 0 Å². The van der Waals surface area contributed by atoms with Gasteiger partial charge in [0.15, 0.2) is 0 Å².